The lowest BCUT2D eigenvalue weighted by Crippen LogP contribution is -2.40. The van der Waals surface area contributed by atoms with E-state index < -0.39 is 12.0 Å². The van der Waals surface area contributed by atoms with Crippen molar-refractivity contribution in [3.63, 3.8) is 0 Å². The lowest BCUT2D eigenvalue weighted by molar-refractivity contribution is -0.137. The molecule has 26 heavy (non-hydrogen) atoms. The summed E-state index contributed by atoms with van der Waals surface area (Å²) in [6.07, 6.45) is 0. The fourth-order valence-electron chi connectivity index (χ4n) is 3.11. The van der Waals surface area contributed by atoms with Gasteiger partial charge in [-0.1, -0.05) is 11.8 Å². The molecule has 0 spiro atoms. The van der Waals surface area contributed by atoms with Crippen molar-refractivity contribution in [2.24, 2.45) is 4.99 Å². The predicted molar refractivity (Wildman–Crippen MR) is 98.3 cm³/mol. The van der Waals surface area contributed by atoms with Crippen LogP contribution in [0.3, 0.4) is 0 Å². The fraction of sp³-hybridized carbons (Fsp3) is 0.389. The molecule has 1 aromatic carbocycles. The molecule has 0 aliphatic carbocycles. The van der Waals surface area contributed by atoms with E-state index in [-0.39, 0.29) is 11.2 Å². The van der Waals surface area contributed by atoms with E-state index in [2.05, 4.69) is 4.99 Å². The van der Waals surface area contributed by atoms with Gasteiger partial charge in [0, 0.05) is 11.6 Å². The molecule has 2 aliphatic heterocycles. The molecule has 0 saturated carbocycles. The van der Waals surface area contributed by atoms with E-state index in [4.69, 9.17) is 14.2 Å². The Hall–Kier alpha value is -2.48. The molecule has 0 aromatic heterocycles. The maximum atomic E-state index is 12.8. The van der Waals surface area contributed by atoms with Crippen LogP contribution in [0.25, 0.3) is 0 Å². The summed E-state index contributed by atoms with van der Waals surface area (Å²) in [5.41, 5.74) is 1.52. The summed E-state index contributed by atoms with van der Waals surface area (Å²) in [5, 5.41) is 0.306. The van der Waals surface area contributed by atoms with Gasteiger partial charge in [-0.15, -0.1) is 0 Å². The lowest BCUT2D eigenvalue weighted by Gasteiger charge is -2.33. The van der Waals surface area contributed by atoms with E-state index >= 15 is 0 Å². The van der Waals surface area contributed by atoms with Crippen LogP contribution in [0.1, 0.15) is 25.5 Å². The van der Waals surface area contributed by atoms with Crippen molar-refractivity contribution in [1.82, 2.24) is 4.90 Å². The Morgan fingerprint density at radius 3 is 2.58 bits per heavy atom. The molecule has 138 valence electrons. The number of hydrogen-bond acceptors (Lipinski definition) is 7. The number of amides is 1. The third kappa shape index (κ3) is 2.84. The van der Waals surface area contributed by atoms with E-state index in [1.54, 1.807) is 37.1 Å². The smallest absolute Gasteiger partial charge is 0.338 e. The van der Waals surface area contributed by atoms with Gasteiger partial charge in [-0.25, -0.2) is 9.79 Å². The van der Waals surface area contributed by atoms with Crippen LogP contribution in [-0.2, 0) is 14.3 Å². The second-order valence-corrected chi connectivity index (χ2v) is 7.17. The number of methoxy groups -OCH3 is 3. The molecule has 8 heteroatoms. The van der Waals surface area contributed by atoms with Crippen LogP contribution in [0, 0.1) is 0 Å². The van der Waals surface area contributed by atoms with Gasteiger partial charge in [0.2, 0.25) is 5.91 Å². The molecule has 0 bridgehead atoms. The highest BCUT2D eigenvalue weighted by Gasteiger charge is 2.47. The molecule has 3 rings (SSSR count). The highest BCUT2D eigenvalue weighted by molar-refractivity contribution is 8.15. The number of ether oxygens (including phenoxy) is 3. The van der Waals surface area contributed by atoms with E-state index in [0.717, 1.165) is 0 Å². The largest absolute Gasteiger partial charge is 0.497 e. The number of thioether (sulfide) groups is 1. The van der Waals surface area contributed by atoms with Crippen LogP contribution in [0.15, 0.2) is 34.5 Å². The van der Waals surface area contributed by atoms with Gasteiger partial charge < -0.3 is 14.2 Å². The van der Waals surface area contributed by atoms with Gasteiger partial charge >= 0.3 is 5.97 Å². The zero-order valence-corrected chi connectivity index (χ0v) is 16.0. The van der Waals surface area contributed by atoms with Gasteiger partial charge in [0.25, 0.3) is 0 Å². The molecule has 1 saturated heterocycles. The molecule has 2 aliphatic rings. The zero-order chi connectivity index (χ0) is 19.0. The SMILES string of the molecule is COC(=O)C1=C(C)N=C2S[C@@H](C)C(=O)N2[C@H]1c1ccc(OC)cc1OC. The molecule has 1 aromatic rings. The first-order valence-electron chi connectivity index (χ1n) is 8.02. The van der Waals surface area contributed by atoms with Crippen molar-refractivity contribution in [1.29, 1.82) is 0 Å². The van der Waals surface area contributed by atoms with Gasteiger partial charge in [-0.2, -0.15) is 0 Å². The highest BCUT2D eigenvalue weighted by Crippen LogP contribution is 2.46. The number of rotatable bonds is 4. The van der Waals surface area contributed by atoms with E-state index in [0.29, 0.717) is 33.5 Å². The van der Waals surface area contributed by atoms with Crippen molar-refractivity contribution in [3.05, 3.63) is 35.0 Å². The first-order chi connectivity index (χ1) is 12.4. The van der Waals surface area contributed by atoms with Crippen LogP contribution in [0.5, 0.6) is 11.5 Å². The Morgan fingerprint density at radius 2 is 1.96 bits per heavy atom. The minimum atomic E-state index is -0.666. The molecule has 1 fully saturated rings. The third-order valence-electron chi connectivity index (χ3n) is 4.40. The average Bonchev–Trinajstić information content (AvgIpc) is 2.93. The van der Waals surface area contributed by atoms with Gasteiger partial charge in [0.15, 0.2) is 5.17 Å². The first-order valence-corrected chi connectivity index (χ1v) is 8.90. The standard InChI is InChI=1S/C18H20N2O5S/c1-9-14(17(22)25-5)15(20-16(21)10(2)26-18(20)19-9)12-7-6-11(23-3)8-13(12)24-4/h6-8,10,15H,1-5H3/t10-,15-/m0/s1. The number of allylic oxidation sites excluding steroid dienone is 1. The summed E-state index contributed by atoms with van der Waals surface area (Å²) in [4.78, 5) is 31.3. The number of amidine groups is 1. The second-order valence-electron chi connectivity index (χ2n) is 5.86. The summed E-state index contributed by atoms with van der Waals surface area (Å²) >= 11 is 1.38. The normalized spacial score (nSPS) is 22.1. The number of fused-ring (bicyclic) bond motifs is 1. The van der Waals surface area contributed by atoms with Crippen LogP contribution in [0.4, 0.5) is 0 Å². The predicted octanol–water partition coefficient (Wildman–Crippen LogP) is 2.53. The molecule has 0 radical (unpaired) electrons. The van der Waals surface area contributed by atoms with Gasteiger partial charge in [0.05, 0.1) is 37.8 Å². The lowest BCUT2D eigenvalue weighted by atomic mass is 9.93. The minimum absolute atomic E-state index is 0.106. The molecule has 0 N–H and O–H groups in total. The maximum absolute atomic E-state index is 12.8. The van der Waals surface area contributed by atoms with Gasteiger partial charge in [0.1, 0.15) is 17.5 Å². The molecule has 7 nitrogen and oxygen atoms in total. The van der Waals surface area contributed by atoms with Crippen molar-refractivity contribution < 1.29 is 23.8 Å². The Bertz CT molecular complexity index is 833. The summed E-state index contributed by atoms with van der Waals surface area (Å²) in [6, 6.07) is 4.62. The van der Waals surface area contributed by atoms with E-state index in [1.165, 1.54) is 26.0 Å². The number of hydrogen-bond donors (Lipinski definition) is 0. The monoisotopic (exact) mass is 376 g/mol. The number of carbonyl (C=O) groups excluding carboxylic acids is 2. The minimum Gasteiger partial charge on any atom is -0.497 e. The zero-order valence-electron chi connectivity index (χ0n) is 15.2. The van der Waals surface area contributed by atoms with Crippen molar-refractivity contribution in [2.45, 2.75) is 25.1 Å². The average molecular weight is 376 g/mol. The van der Waals surface area contributed by atoms with E-state index in [1.807, 2.05) is 6.92 Å². The molecule has 0 unspecified atom stereocenters. The molecule has 1 amide bonds. The van der Waals surface area contributed by atoms with Crippen molar-refractivity contribution >= 4 is 28.8 Å². The first kappa shape index (κ1) is 18.3. The Morgan fingerprint density at radius 1 is 1.23 bits per heavy atom. The van der Waals surface area contributed by atoms with Crippen LogP contribution in [0.2, 0.25) is 0 Å². The number of benzene rings is 1. The van der Waals surface area contributed by atoms with Crippen LogP contribution >= 0.6 is 11.8 Å². The van der Waals surface area contributed by atoms with E-state index in [9.17, 15) is 9.59 Å². The van der Waals surface area contributed by atoms with Crippen LogP contribution < -0.4 is 9.47 Å². The summed E-state index contributed by atoms with van der Waals surface area (Å²) in [5.74, 6) is 0.504. The second kappa shape index (κ2) is 7.03. The Labute approximate surface area is 156 Å². The summed E-state index contributed by atoms with van der Waals surface area (Å²) in [6.45, 7) is 3.57. The topological polar surface area (TPSA) is 77.4 Å². The Kier molecular flexibility index (Phi) is 4.95. The Balaban J connectivity index is 2.22. The maximum Gasteiger partial charge on any atom is 0.338 e. The number of esters is 1. The number of carbonyl (C=O) groups is 2. The third-order valence-corrected chi connectivity index (χ3v) is 5.45. The number of aliphatic imine (C=N–C) groups is 1. The number of nitrogens with zero attached hydrogens (tertiary/aromatic N) is 2. The summed E-state index contributed by atoms with van der Waals surface area (Å²) in [7, 11) is 4.41. The molecule has 2 heterocycles. The molecule has 2 atom stereocenters. The van der Waals surface area contributed by atoms with Crippen molar-refractivity contribution in [2.75, 3.05) is 21.3 Å². The van der Waals surface area contributed by atoms with Gasteiger partial charge in [-0.3, -0.25) is 9.69 Å². The summed E-state index contributed by atoms with van der Waals surface area (Å²) < 4.78 is 15.7. The highest BCUT2D eigenvalue weighted by atomic mass is 32.2. The quantitative estimate of drug-likeness (QED) is 0.752. The molecular weight excluding hydrogens is 356 g/mol. The van der Waals surface area contributed by atoms with Gasteiger partial charge in [-0.05, 0) is 26.0 Å². The fourth-order valence-corrected chi connectivity index (χ4v) is 4.14. The molecular formula is C18H20N2O5S. The van der Waals surface area contributed by atoms with Crippen LogP contribution in [-0.4, -0.2) is 48.5 Å². The van der Waals surface area contributed by atoms with Crippen molar-refractivity contribution in [3.8, 4) is 11.5 Å².